The van der Waals surface area contributed by atoms with Crippen LogP contribution in [0.25, 0.3) is 21.7 Å². The lowest BCUT2D eigenvalue weighted by molar-refractivity contribution is -0.132. The highest BCUT2D eigenvalue weighted by Gasteiger charge is 2.29. The maximum atomic E-state index is 13.0. The topological polar surface area (TPSA) is 84.1 Å². The number of pyridine rings is 1. The van der Waals surface area contributed by atoms with Crippen LogP contribution < -0.4 is 0 Å². The largest absolute Gasteiger partial charge is 0.507 e. The fourth-order valence-electron chi connectivity index (χ4n) is 5.18. The molecule has 1 saturated heterocycles. The molecule has 1 N–H and O–H groups in total. The van der Waals surface area contributed by atoms with Gasteiger partial charge in [0.25, 0.3) is 0 Å². The molecule has 4 heterocycles. The molecule has 0 spiro atoms. The molecule has 0 unspecified atom stereocenters. The van der Waals surface area contributed by atoms with Gasteiger partial charge in [0.15, 0.2) is 5.65 Å². The Kier molecular flexibility index (Phi) is 6.80. The number of phenols is 1. The van der Waals surface area contributed by atoms with E-state index in [-0.39, 0.29) is 23.3 Å². The minimum absolute atomic E-state index is 0.104. The van der Waals surface area contributed by atoms with E-state index in [0.717, 1.165) is 58.8 Å². The van der Waals surface area contributed by atoms with Gasteiger partial charge in [0.1, 0.15) is 22.8 Å². The van der Waals surface area contributed by atoms with Gasteiger partial charge >= 0.3 is 0 Å². The fraction of sp³-hybridized carbons (Fsp3) is 0.467. The van der Waals surface area contributed by atoms with Crippen LogP contribution in [-0.4, -0.2) is 48.5 Å². The van der Waals surface area contributed by atoms with E-state index in [0.29, 0.717) is 11.7 Å². The highest BCUT2D eigenvalue weighted by molar-refractivity contribution is 7.15. The summed E-state index contributed by atoms with van der Waals surface area (Å²) in [4.78, 5) is 29.8. The third-order valence-electron chi connectivity index (χ3n) is 7.43. The molecule has 0 bridgehead atoms. The lowest BCUT2D eigenvalue weighted by Gasteiger charge is -2.31. The van der Waals surface area contributed by atoms with Crippen molar-refractivity contribution in [2.45, 2.75) is 77.7 Å². The monoisotopic (exact) mass is 531 g/mol. The van der Waals surface area contributed by atoms with Crippen molar-refractivity contribution in [3.63, 3.8) is 0 Å². The molecule has 0 aliphatic carbocycles. The third kappa shape index (κ3) is 5.19. The number of rotatable bonds is 4. The number of aromatic hydroxyl groups is 1. The predicted octanol–water partition coefficient (Wildman–Crippen LogP) is 6.26. The summed E-state index contributed by atoms with van der Waals surface area (Å²) in [5.74, 6) is 0.885. The molecule has 0 atom stereocenters. The number of benzene rings is 1. The summed E-state index contributed by atoms with van der Waals surface area (Å²) in [5, 5.41) is 12.1. The summed E-state index contributed by atoms with van der Waals surface area (Å²) in [5.41, 5.74) is 4.14. The second kappa shape index (κ2) is 9.80. The van der Waals surface area contributed by atoms with Crippen LogP contribution in [0.15, 0.2) is 43.0 Å². The van der Waals surface area contributed by atoms with Crippen LogP contribution >= 0.6 is 11.3 Å². The quantitative estimate of drug-likeness (QED) is 0.336. The average Bonchev–Trinajstić information content (AvgIpc) is 3.51. The van der Waals surface area contributed by atoms with Crippen LogP contribution in [0.3, 0.4) is 0 Å². The number of piperidine rings is 1. The van der Waals surface area contributed by atoms with E-state index in [4.69, 9.17) is 4.98 Å². The standard InChI is InChI=1S/C30H37N5O2S/c1-29(2,3)21-14-20(15-22(26(21)37)30(4,5)6)28-32-16-24(38-28)19-9-12-34(13-10-19)25(36)17-35-18-33-23-8-7-11-31-27(23)35/h7-8,11,14-16,18-19,37H,9-10,12-13,17H2,1-6H3. The van der Waals surface area contributed by atoms with Gasteiger partial charge in [-0.25, -0.2) is 15.0 Å². The molecule has 5 rings (SSSR count). The van der Waals surface area contributed by atoms with Crippen molar-refractivity contribution in [3.8, 4) is 16.3 Å². The Bertz CT molecular complexity index is 1430. The molecule has 1 aliphatic rings. The molecule has 1 fully saturated rings. The van der Waals surface area contributed by atoms with Crippen LogP contribution in [0.4, 0.5) is 0 Å². The fourth-order valence-corrected chi connectivity index (χ4v) is 6.25. The van der Waals surface area contributed by atoms with Crippen molar-refractivity contribution in [2.75, 3.05) is 13.1 Å². The van der Waals surface area contributed by atoms with Gasteiger partial charge in [-0.05, 0) is 53.9 Å². The number of carbonyl (C=O) groups excluding carboxylic acids is 1. The third-order valence-corrected chi connectivity index (χ3v) is 8.64. The molecule has 38 heavy (non-hydrogen) atoms. The van der Waals surface area contributed by atoms with Crippen molar-refractivity contribution < 1.29 is 9.90 Å². The van der Waals surface area contributed by atoms with Crippen LogP contribution in [0.5, 0.6) is 5.75 Å². The smallest absolute Gasteiger partial charge is 0.242 e. The SMILES string of the molecule is CC(C)(C)c1cc(-c2ncc(C3CCN(C(=O)Cn4cnc5cccnc54)CC3)s2)cc(C(C)(C)C)c1O. The molecule has 0 radical (unpaired) electrons. The van der Waals surface area contributed by atoms with E-state index in [1.165, 1.54) is 4.88 Å². The first-order valence-electron chi connectivity index (χ1n) is 13.3. The molecular formula is C30H37N5O2S. The van der Waals surface area contributed by atoms with Gasteiger partial charge in [-0.3, -0.25) is 4.79 Å². The average molecular weight is 532 g/mol. The Balaban J connectivity index is 1.29. The minimum Gasteiger partial charge on any atom is -0.507 e. The normalized spacial score (nSPS) is 15.4. The van der Waals surface area contributed by atoms with E-state index >= 15 is 0 Å². The Morgan fingerprint density at radius 2 is 1.68 bits per heavy atom. The lowest BCUT2D eigenvalue weighted by atomic mass is 9.78. The first-order valence-corrected chi connectivity index (χ1v) is 14.1. The van der Waals surface area contributed by atoms with Gasteiger partial charge in [0, 0.05) is 47.1 Å². The number of thiazole rings is 1. The number of nitrogens with zero attached hydrogens (tertiary/aromatic N) is 5. The van der Waals surface area contributed by atoms with Crippen molar-refractivity contribution >= 4 is 28.4 Å². The molecule has 3 aromatic heterocycles. The summed E-state index contributed by atoms with van der Waals surface area (Å²) in [6, 6.07) is 7.96. The summed E-state index contributed by atoms with van der Waals surface area (Å²) < 4.78 is 1.83. The Labute approximate surface area is 228 Å². The molecule has 4 aromatic rings. The van der Waals surface area contributed by atoms with Crippen LogP contribution in [-0.2, 0) is 22.2 Å². The number of hydrogen-bond acceptors (Lipinski definition) is 6. The van der Waals surface area contributed by atoms with Crippen LogP contribution in [0, 0.1) is 0 Å². The zero-order valence-corrected chi connectivity index (χ0v) is 24.0. The zero-order valence-electron chi connectivity index (χ0n) is 23.2. The van der Waals surface area contributed by atoms with Gasteiger partial charge in [0.05, 0.1) is 6.33 Å². The van der Waals surface area contributed by atoms with Gasteiger partial charge in [0.2, 0.25) is 5.91 Å². The number of aromatic nitrogens is 4. The number of fused-ring (bicyclic) bond motifs is 1. The first-order chi connectivity index (χ1) is 17.9. The molecule has 1 amide bonds. The van der Waals surface area contributed by atoms with Gasteiger partial charge < -0.3 is 14.6 Å². The summed E-state index contributed by atoms with van der Waals surface area (Å²) in [6.07, 6.45) is 7.27. The van der Waals surface area contributed by atoms with Crippen molar-refractivity contribution in [1.29, 1.82) is 0 Å². The molecule has 8 heteroatoms. The van der Waals surface area contributed by atoms with Crippen molar-refractivity contribution in [3.05, 3.63) is 59.0 Å². The van der Waals surface area contributed by atoms with E-state index in [2.05, 4.69) is 63.6 Å². The maximum absolute atomic E-state index is 13.0. The summed E-state index contributed by atoms with van der Waals surface area (Å²) in [7, 11) is 0. The predicted molar refractivity (Wildman–Crippen MR) is 153 cm³/mol. The first kappa shape index (κ1) is 26.4. The second-order valence-corrected chi connectivity index (χ2v) is 13.4. The molecule has 200 valence electrons. The molecule has 7 nitrogen and oxygen atoms in total. The van der Waals surface area contributed by atoms with Gasteiger partial charge in [-0.2, -0.15) is 0 Å². The minimum atomic E-state index is -0.182. The second-order valence-electron chi connectivity index (χ2n) is 12.4. The van der Waals surface area contributed by atoms with Crippen molar-refractivity contribution in [2.24, 2.45) is 0 Å². The highest BCUT2D eigenvalue weighted by Crippen LogP contribution is 2.43. The summed E-state index contributed by atoms with van der Waals surface area (Å²) >= 11 is 1.74. The van der Waals surface area contributed by atoms with E-state index in [1.54, 1.807) is 23.9 Å². The zero-order chi connectivity index (χ0) is 27.2. The van der Waals surface area contributed by atoms with Crippen LogP contribution in [0.2, 0.25) is 0 Å². The van der Waals surface area contributed by atoms with E-state index < -0.39 is 0 Å². The number of amides is 1. The van der Waals surface area contributed by atoms with Crippen molar-refractivity contribution in [1.82, 2.24) is 24.4 Å². The van der Waals surface area contributed by atoms with E-state index in [9.17, 15) is 9.90 Å². The number of imidazole rings is 1. The number of likely N-dealkylation sites (tertiary alicyclic amines) is 1. The van der Waals surface area contributed by atoms with Crippen LogP contribution in [0.1, 0.15) is 76.3 Å². The lowest BCUT2D eigenvalue weighted by Crippen LogP contribution is -2.39. The van der Waals surface area contributed by atoms with Gasteiger partial charge in [-0.15, -0.1) is 11.3 Å². The Morgan fingerprint density at radius 1 is 1.03 bits per heavy atom. The Morgan fingerprint density at radius 3 is 2.32 bits per heavy atom. The highest BCUT2D eigenvalue weighted by atomic mass is 32.1. The number of carbonyl (C=O) groups is 1. The number of phenolic OH excluding ortho intramolecular Hbond substituents is 1. The maximum Gasteiger partial charge on any atom is 0.242 e. The van der Waals surface area contributed by atoms with E-state index in [1.807, 2.05) is 27.8 Å². The molecular weight excluding hydrogens is 494 g/mol. The van der Waals surface area contributed by atoms with Gasteiger partial charge in [-0.1, -0.05) is 41.5 Å². The number of hydrogen-bond donors (Lipinski definition) is 1. The summed E-state index contributed by atoms with van der Waals surface area (Å²) in [6.45, 7) is 14.5. The molecule has 1 aromatic carbocycles. The Hall–Kier alpha value is -3.26. The molecule has 0 saturated carbocycles. The molecule has 1 aliphatic heterocycles.